The third kappa shape index (κ3) is 5.01. The highest BCUT2D eigenvalue weighted by Crippen LogP contribution is 2.36. The van der Waals surface area contributed by atoms with E-state index < -0.39 is 0 Å². The van der Waals surface area contributed by atoms with Crippen molar-refractivity contribution < 1.29 is 4.79 Å². The van der Waals surface area contributed by atoms with Gasteiger partial charge in [-0.3, -0.25) is 4.79 Å². The van der Waals surface area contributed by atoms with Gasteiger partial charge in [0, 0.05) is 17.5 Å². The van der Waals surface area contributed by atoms with E-state index in [-0.39, 0.29) is 18.0 Å². The Bertz CT molecular complexity index is 452. The van der Waals surface area contributed by atoms with Crippen LogP contribution in [0, 0.1) is 5.92 Å². The highest BCUT2D eigenvalue weighted by Gasteiger charge is 2.27. The van der Waals surface area contributed by atoms with Crippen molar-refractivity contribution in [3.05, 3.63) is 34.9 Å². The Kier molecular flexibility index (Phi) is 6.07. The number of hydrogen-bond donors (Lipinski definition) is 2. The van der Waals surface area contributed by atoms with Crippen molar-refractivity contribution in [1.82, 2.24) is 5.32 Å². The van der Waals surface area contributed by atoms with Gasteiger partial charge >= 0.3 is 0 Å². The number of hydrogen-bond acceptors (Lipinski definition) is 2. The fourth-order valence-corrected chi connectivity index (χ4v) is 3.16. The number of carbonyl (C=O) groups is 1. The lowest BCUT2D eigenvalue weighted by atomic mass is 9.91. The van der Waals surface area contributed by atoms with Crippen LogP contribution >= 0.6 is 11.6 Å². The number of nitrogens with two attached hydrogens (primary N) is 1. The first-order chi connectivity index (χ1) is 10.1. The quantitative estimate of drug-likeness (QED) is 0.839. The maximum Gasteiger partial charge on any atom is 0.220 e. The second-order valence-electron chi connectivity index (χ2n) is 6.16. The molecule has 2 unspecified atom stereocenters. The third-order valence-corrected chi connectivity index (χ3v) is 4.50. The Morgan fingerprint density at radius 3 is 2.52 bits per heavy atom. The summed E-state index contributed by atoms with van der Waals surface area (Å²) in [5.41, 5.74) is 6.88. The number of halogens is 1. The molecule has 3 N–H and O–H groups in total. The summed E-state index contributed by atoms with van der Waals surface area (Å²) < 4.78 is 0. The summed E-state index contributed by atoms with van der Waals surface area (Å²) in [6, 6.07) is 8.01. The van der Waals surface area contributed by atoms with Crippen molar-refractivity contribution in [1.29, 1.82) is 0 Å². The van der Waals surface area contributed by atoms with Crippen LogP contribution in [0.15, 0.2) is 24.3 Å². The first kappa shape index (κ1) is 16.3. The fourth-order valence-electron chi connectivity index (χ4n) is 3.04. The molecule has 0 aliphatic heterocycles. The molecule has 1 aromatic rings. The molecule has 1 fully saturated rings. The summed E-state index contributed by atoms with van der Waals surface area (Å²) in [7, 11) is 0. The van der Waals surface area contributed by atoms with Crippen LogP contribution in [-0.4, -0.2) is 11.9 Å². The Hall–Kier alpha value is -1.06. The van der Waals surface area contributed by atoms with Crippen LogP contribution in [0.25, 0.3) is 0 Å². The van der Waals surface area contributed by atoms with Crippen LogP contribution in [0.4, 0.5) is 0 Å². The average molecular weight is 309 g/mol. The summed E-state index contributed by atoms with van der Waals surface area (Å²) in [5, 5.41) is 3.94. The molecule has 0 saturated heterocycles. The lowest BCUT2D eigenvalue weighted by Crippen LogP contribution is -2.33. The van der Waals surface area contributed by atoms with Gasteiger partial charge in [-0.1, -0.05) is 36.6 Å². The molecule has 0 heterocycles. The van der Waals surface area contributed by atoms with E-state index in [9.17, 15) is 4.79 Å². The zero-order valence-electron chi connectivity index (χ0n) is 12.6. The molecular formula is C17H25ClN2O. The molecule has 21 heavy (non-hydrogen) atoms. The molecule has 1 amide bonds. The number of carbonyl (C=O) groups excluding carboxylic acids is 1. The van der Waals surface area contributed by atoms with Crippen LogP contribution in [0.5, 0.6) is 0 Å². The van der Waals surface area contributed by atoms with E-state index in [0.29, 0.717) is 12.3 Å². The lowest BCUT2D eigenvalue weighted by Gasteiger charge is -2.25. The number of benzene rings is 1. The smallest absolute Gasteiger partial charge is 0.220 e. The van der Waals surface area contributed by atoms with E-state index in [1.165, 1.54) is 25.7 Å². The predicted octanol–water partition coefficient (Wildman–Crippen LogP) is 3.81. The lowest BCUT2D eigenvalue weighted by molar-refractivity contribution is -0.122. The molecule has 1 aliphatic rings. The van der Waals surface area contributed by atoms with Crippen LogP contribution in [0.3, 0.4) is 0 Å². The molecule has 3 nitrogen and oxygen atoms in total. The second-order valence-corrected chi connectivity index (χ2v) is 6.59. The number of nitrogens with one attached hydrogen (secondary N) is 1. The maximum atomic E-state index is 12.2. The van der Waals surface area contributed by atoms with E-state index in [1.54, 1.807) is 0 Å². The molecule has 0 aromatic heterocycles. The first-order valence-corrected chi connectivity index (χ1v) is 8.24. The van der Waals surface area contributed by atoms with Crippen LogP contribution in [0.1, 0.15) is 57.1 Å². The van der Waals surface area contributed by atoms with Crippen molar-refractivity contribution in [3.8, 4) is 0 Å². The van der Waals surface area contributed by atoms with Gasteiger partial charge in [0.05, 0.1) is 6.04 Å². The molecule has 1 saturated carbocycles. The molecule has 1 aromatic carbocycles. The summed E-state index contributed by atoms with van der Waals surface area (Å²) in [4.78, 5) is 12.2. The Morgan fingerprint density at radius 2 is 1.95 bits per heavy atom. The predicted molar refractivity (Wildman–Crippen MR) is 87.2 cm³/mol. The van der Waals surface area contributed by atoms with Gasteiger partial charge in [-0.05, 0) is 49.8 Å². The molecule has 116 valence electrons. The minimum Gasteiger partial charge on any atom is -0.349 e. The number of amides is 1. The summed E-state index contributed by atoms with van der Waals surface area (Å²) in [6.07, 6.45) is 6.09. The fraction of sp³-hybridized carbons (Fsp3) is 0.588. The normalized spacial score (nSPS) is 18.4. The van der Waals surface area contributed by atoms with Gasteiger partial charge in [0.15, 0.2) is 0 Å². The topological polar surface area (TPSA) is 55.1 Å². The summed E-state index contributed by atoms with van der Waals surface area (Å²) >= 11 is 5.97. The zero-order valence-corrected chi connectivity index (χ0v) is 13.4. The highest BCUT2D eigenvalue weighted by molar-refractivity contribution is 6.30. The van der Waals surface area contributed by atoms with Crippen molar-refractivity contribution in [3.63, 3.8) is 0 Å². The van der Waals surface area contributed by atoms with Gasteiger partial charge in [0.25, 0.3) is 0 Å². The van der Waals surface area contributed by atoms with E-state index in [1.807, 2.05) is 31.2 Å². The SMILES string of the molecule is CC(N)CCC(=O)NC(c1ccc(Cl)cc1)C1CCCC1. The second kappa shape index (κ2) is 7.81. The maximum absolute atomic E-state index is 12.2. The molecule has 0 spiro atoms. The Balaban J connectivity index is 2.05. The molecule has 4 heteroatoms. The molecular weight excluding hydrogens is 284 g/mol. The van der Waals surface area contributed by atoms with Crippen molar-refractivity contribution in [2.45, 2.75) is 57.5 Å². The van der Waals surface area contributed by atoms with Crippen molar-refractivity contribution in [2.24, 2.45) is 11.7 Å². The zero-order chi connectivity index (χ0) is 15.2. The Morgan fingerprint density at radius 1 is 1.33 bits per heavy atom. The first-order valence-electron chi connectivity index (χ1n) is 7.86. The van der Waals surface area contributed by atoms with Crippen LogP contribution in [0.2, 0.25) is 5.02 Å². The largest absolute Gasteiger partial charge is 0.349 e. The van der Waals surface area contributed by atoms with Gasteiger partial charge < -0.3 is 11.1 Å². The van der Waals surface area contributed by atoms with Gasteiger partial charge in [0.1, 0.15) is 0 Å². The van der Waals surface area contributed by atoms with Gasteiger partial charge in [-0.15, -0.1) is 0 Å². The molecule has 1 aliphatic carbocycles. The summed E-state index contributed by atoms with van der Waals surface area (Å²) in [6.45, 7) is 1.93. The molecule has 0 radical (unpaired) electrons. The van der Waals surface area contributed by atoms with E-state index in [4.69, 9.17) is 17.3 Å². The Labute approximate surface area is 132 Å². The minimum atomic E-state index is 0.0659. The van der Waals surface area contributed by atoms with E-state index in [2.05, 4.69) is 5.32 Å². The van der Waals surface area contributed by atoms with Crippen LogP contribution < -0.4 is 11.1 Å². The number of rotatable bonds is 6. The third-order valence-electron chi connectivity index (χ3n) is 4.24. The van der Waals surface area contributed by atoms with Gasteiger partial charge in [0.2, 0.25) is 5.91 Å². The van der Waals surface area contributed by atoms with Gasteiger partial charge in [-0.2, -0.15) is 0 Å². The molecule has 2 atom stereocenters. The standard InChI is InChI=1S/C17H25ClN2O/c1-12(19)6-11-16(21)20-17(13-4-2-3-5-13)14-7-9-15(18)10-8-14/h7-10,12-13,17H,2-6,11,19H2,1H3,(H,20,21). The molecule has 0 bridgehead atoms. The minimum absolute atomic E-state index is 0.0659. The highest BCUT2D eigenvalue weighted by atomic mass is 35.5. The monoisotopic (exact) mass is 308 g/mol. The van der Waals surface area contributed by atoms with E-state index in [0.717, 1.165) is 17.0 Å². The van der Waals surface area contributed by atoms with Crippen molar-refractivity contribution in [2.75, 3.05) is 0 Å². The van der Waals surface area contributed by atoms with Crippen molar-refractivity contribution >= 4 is 17.5 Å². The van der Waals surface area contributed by atoms with E-state index >= 15 is 0 Å². The molecule has 2 rings (SSSR count). The summed E-state index contributed by atoms with van der Waals surface area (Å²) in [5.74, 6) is 0.629. The average Bonchev–Trinajstić information content (AvgIpc) is 2.97. The van der Waals surface area contributed by atoms with Crippen LogP contribution in [-0.2, 0) is 4.79 Å². The van der Waals surface area contributed by atoms with Gasteiger partial charge in [-0.25, -0.2) is 0 Å².